The minimum absolute atomic E-state index is 0.118. The number of carboxylic acids is 1. The summed E-state index contributed by atoms with van der Waals surface area (Å²) >= 11 is 0. The molecule has 94 valence electrons. The Labute approximate surface area is 99.6 Å². The molecule has 0 radical (unpaired) electrons. The minimum atomic E-state index is -0.934. The molecule has 0 aliphatic heterocycles. The van der Waals surface area contributed by atoms with Gasteiger partial charge in [-0.15, -0.1) is 0 Å². The Morgan fingerprint density at radius 1 is 1.47 bits per heavy atom. The van der Waals surface area contributed by atoms with E-state index in [-0.39, 0.29) is 12.4 Å². The Morgan fingerprint density at radius 2 is 2.06 bits per heavy atom. The number of benzene rings is 1. The molecule has 0 saturated carbocycles. The van der Waals surface area contributed by atoms with E-state index < -0.39 is 12.0 Å². The Hall–Kier alpha value is -1.46. The van der Waals surface area contributed by atoms with Gasteiger partial charge in [0.2, 0.25) is 0 Å². The van der Waals surface area contributed by atoms with E-state index in [9.17, 15) is 9.18 Å². The predicted molar refractivity (Wildman–Crippen MR) is 61.2 cm³/mol. The van der Waals surface area contributed by atoms with Crippen molar-refractivity contribution >= 4 is 5.97 Å². The summed E-state index contributed by atoms with van der Waals surface area (Å²) < 4.78 is 17.6. The number of nitrogens with zero attached hydrogens (tertiary/aromatic N) is 1. The number of hydrogen-bond donors (Lipinski definition) is 1. The number of ether oxygens (including phenoxy) is 1. The second kappa shape index (κ2) is 6.32. The summed E-state index contributed by atoms with van der Waals surface area (Å²) in [4.78, 5) is 12.6. The molecular formula is C12H16FNO3. The van der Waals surface area contributed by atoms with Gasteiger partial charge in [-0.2, -0.15) is 0 Å². The Morgan fingerprint density at radius 3 is 2.53 bits per heavy atom. The number of halogens is 1. The van der Waals surface area contributed by atoms with Crippen LogP contribution in [0.3, 0.4) is 0 Å². The zero-order valence-corrected chi connectivity index (χ0v) is 9.89. The van der Waals surface area contributed by atoms with Gasteiger partial charge in [0.25, 0.3) is 0 Å². The highest BCUT2D eigenvalue weighted by Gasteiger charge is 2.22. The van der Waals surface area contributed by atoms with E-state index in [1.165, 1.54) is 19.2 Å². The smallest absolute Gasteiger partial charge is 0.323 e. The van der Waals surface area contributed by atoms with E-state index in [0.29, 0.717) is 6.54 Å². The molecule has 4 nitrogen and oxygen atoms in total. The molecule has 1 unspecified atom stereocenters. The van der Waals surface area contributed by atoms with Crippen LogP contribution in [-0.2, 0) is 16.1 Å². The van der Waals surface area contributed by atoms with Crippen molar-refractivity contribution in [3.8, 4) is 0 Å². The van der Waals surface area contributed by atoms with E-state index in [2.05, 4.69) is 0 Å². The second-order valence-corrected chi connectivity index (χ2v) is 3.85. The summed E-state index contributed by atoms with van der Waals surface area (Å²) in [5, 5.41) is 9.02. The number of methoxy groups -OCH3 is 1. The third kappa shape index (κ3) is 4.13. The molecule has 0 amide bonds. The molecule has 1 aromatic rings. The van der Waals surface area contributed by atoms with E-state index in [1.807, 2.05) is 0 Å². The summed E-state index contributed by atoms with van der Waals surface area (Å²) in [6.07, 6.45) is 0. The van der Waals surface area contributed by atoms with Crippen LogP contribution in [0.5, 0.6) is 0 Å². The number of likely N-dealkylation sites (N-methyl/N-ethyl adjacent to an activating group) is 1. The molecule has 1 N–H and O–H groups in total. The highest BCUT2D eigenvalue weighted by molar-refractivity contribution is 5.73. The van der Waals surface area contributed by atoms with Gasteiger partial charge in [-0.1, -0.05) is 12.1 Å². The monoisotopic (exact) mass is 241 g/mol. The Balaban J connectivity index is 2.66. The highest BCUT2D eigenvalue weighted by atomic mass is 19.1. The molecule has 0 saturated heterocycles. The molecule has 0 fully saturated rings. The molecule has 0 heterocycles. The molecular weight excluding hydrogens is 225 g/mol. The first-order valence-corrected chi connectivity index (χ1v) is 5.21. The van der Waals surface area contributed by atoms with Crippen molar-refractivity contribution in [2.45, 2.75) is 12.6 Å². The van der Waals surface area contributed by atoms with Gasteiger partial charge in [0, 0.05) is 13.7 Å². The first-order valence-electron chi connectivity index (χ1n) is 5.21. The average Bonchev–Trinajstić information content (AvgIpc) is 2.28. The van der Waals surface area contributed by atoms with E-state index in [1.54, 1.807) is 24.1 Å². The van der Waals surface area contributed by atoms with Crippen LogP contribution in [0.25, 0.3) is 0 Å². The van der Waals surface area contributed by atoms with E-state index in [4.69, 9.17) is 9.84 Å². The van der Waals surface area contributed by atoms with Gasteiger partial charge in [-0.05, 0) is 24.7 Å². The molecule has 5 heteroatoms. The fraction of sp³-hybridized carbons (Fsp3) is 0.417. The third-order valence-corrected chi connectivity index (χ3v) is 2.49. The standard InChI is InChI=1S/C12H16FNO3/c1-14(11(8-17-2)12(15)16)7-9-3-5-10(13)6-4-9/h3-6,11H,7-8H2,1-2H3,(H,15,16). The zero-order valence-electron chi connectivity index (χ0n) is 9.89. The maximum atomic E-state index is 12.7. The van der Waals surface area contributed by atoms with Gasteiger partial charge < -0.3 is 9.84 Å². The lowest BCUT2D eigenvalue weighted by molar-refractivity contribution is -0.144. The van der Waals surface area contributed by atoms with Gasteiger partial charge in [0.1, 0.15) is 11.9 Å². The van der Waals surface area contributed by atoms with Gasteiger partial charge in [0.15, 0.2) is 0 Å². The van der Waals surface area contributed by atoms with Gasteiger partial charge in [-0.3, -0.25) is 9.69 Å². The van der Waals surface area contributed by atoms with Crippen molar-refractivity contribution in [1.29, 1.82) is 0 Å². The Kier molecular flexibility index (Phi) is 5.06. The second-order valence-electron chi connectivity index (χ2n) is 3.85. The van der Waals surface area contributed by atoms with Crippen LogP contribution in [0, 0.1) is 5.82 Å². The third-order valence-electron chi connectivity index (χ3n) is 2.49. The summed E-state index contributed by atoms with van der Waals surface area (Å²) in [6, 6.07) is 5.28. The molecule has 1 rings (SSSR count). The highest BCUT2D eigenvalue weighted by Crippen LogP contribution is 2.08. The topological polar surface area (TPSA) is 49.8 Å². The van der Waals surface area contributed by atoms with Crippen LogP contribution < -0.4 is 0 Å². The van der Waals surface area contributed by atoms with Crippen LogP contribution in [-0.4, -0.2) is 42.8 Å². The lowest BCUT2D eigenvalue weighted by atomic mass is 10.2. The molecule has 1 atom stereocenters. The molecule has 0 bridgehead atoms. The maximum Gasteiger partial charge on any atom is 0.323 e. The predicted octanol–water partition coefficient (Wildman–Crippen LogP) is 1.36. The van der Waals surface area contributed by atoms with Crippen LogP contribution in [0.2, 0.25) is 0 Å². The first kappa shape index (κ1) is 13.6. The van der Waals surface area contributed by atoms with Crippen LogP contribution >= 0.6 is 0 Å². The van der Waals surface area contributed by atoms with Crippen molar-refractivity contribution < 1.29 is 19.0 Å². The SMILES string of the molecule is COCC(C(=O)O)N(C)Cc1ccc(F)cc1. The fourth-order valence-electron chi connectivity index (χ4n) is 1.53. The average molecular weight is 241 g/mol. The lowest BCUT2D eigenvalue weighted by Crippen LogP contribution is -2.41. The van der Waals surface area contributed by atoms with Crippen molar-refractivity contribution in [2.24, 2.45) is 0 Å². The minimum Gasteiger partial charge on any atom is -0.480 e. The number of carbonyl (C=O) groups is 1. The number of aliphatic carboxylic acids is 1. The number of hydrogen-bond acceptors (Lipinski definition) is 3. The molecule has 0 spiro atoms. The van der Waals surface area contributed by atoms with E-state index in [0.717, 1.165) is 5.56 Å². The maximum absolute atomic E-state index is 12.7. The molecule has 0 aliphatic carbocycles. The molecule has 0 aliphatic rings. The Bertz CT molecular complexity index is 367. The van der Waals surface area contributed by atoms with Crippen molar-refractivity contribution in [1.82, 2.24) is 4.90 Å². The van der Waals surface area contributed by atoms with E-state index >= 15 is 0 Å². The summed E-state index contributed by atoms with van der Waals surface area (Å²) in [5.41, 5.74) is 0.858. The quantitative estimate of drug-likeness (QED) is 0.817. The number of rotatable bonds is 6. The van der Waals surface area contributed by atoms with Gasteiger partial charge in [-0.25, -0.2) is 4.39 Å². The first-order chi connectivity index (χ1) is 8.04. The molecule has 17 heavy (non-hydrogen) atoms. The number of carboxylic acid groups (broad SMARTS) is 1. The van der Waals surface area contributed by atoms with Crippen LogP contribution in [0.1, 0.15) is 5.56 Å². The summed E-state index contributed by atoms with van der Waals surface area (Å²) in [7, 11) is 3.16. The fourth-order valence-corrected chi connectivity index (χ4v) is 1.53. The zero-order chi connectivity index (χ0) is 12.8. The summed E-state index contributed by atoms with van der Waals surface area (Å²) in [6.45, 7) is 0.549. The largest absolute Gasteiger partial charge is 0.480 e. The molecule has 0 aromatic heterocycles. The van der Waals surface area contributed by atoms with Gasteiger partial charge >= 0.3 is 5.97 Å². The van der Waals surface area contributed by atoms with Crippen molar-refractivity contribution in [3.63, 3.8) is 0 Å². The molecule has 1 aromatic carbocycles. The van der Waals surface area contributed by atoms with Crippen LogP contribution in [0.4, 0.5) is 4.39 Å². The van der Waals surface area contributed by atoms with Crippen LogP contribution in [0.15, 0.2) is 24.3 Å². The van der Waals surface area contributed by atoms with Gasteiger partial charge in [0.05, 0.1) is 6.61 Å². The summed E-state index contributed by atoms with van der Waals surface area (Å²) in [5.74, 6) is -1.24. The van der Waals surface area contributed by atoms with Crippen molar-refractivity contribution in [2.75, 3.05) is 20.8 Å². The lowest BCUT2D eigenvalue weighted by Gasteiger charge is -2.23. The van der Waals surface area contributed by atoms with Crippen molar-refractivity contribution in [3.05, 3.63) is 35.6 Å². The normalized spacial score (nSPS) is 12.7.